The first kappa shape index (κ1) is 17.8. The maximum Gasteiger partial charge on any atom is 0.410 e. The maximum absolute atomic E-state index is 12.4. The second kappa shape index (κ2) is 6.15. The molecule has 0 aromatic carbocycles. The number of ketones is 1. The number of allylic oxidation sites excluding steroid dienone is 4. The number of ether oxygens (including phenoxy) is 2. The van der Waals surface area contributed by atoms with Crippen molar-refractivity contribution in [3.8, 4) is 0 Å². The molecule has 6 heteroatoms. The van der Waals surface area contributed by atoms with Crippen LogP contribution in [0, 0.1) is 0 Å². The second-order valence-corrected chi connectivity index (χ2v) is 7.90. The van der Waals surface area contributed by atoms with Crippen molar-refractivity contribution in [2.45, 2.75) is 45.3 Å². The number of amides is 1. The van der Waals surface area contributed by atoms with E-state index in [-0.39, 0.29) is 18.3 Å². The number of hydrogen-bond acceptors (Lipinski definition) is 4. The molecule has 5 nitrogen and oxygen atoms in total. The van der Waals surface area contributed by atoms with E-state index in [0.717, 1.165) is 0 Å². The van der Waals surface area contributed by atoms with Gasteiger partial charge in [0.15, 0.2) is 11.4 Å². The van der Waals surface area contributed by atoms with Crippen LogP contribution < -0.4 is 0 Å². The third-order valence-corrected chi connectivity index (χ3v) is 3.78. The lowest BCUT2D eigenvalue weighted by Gasteiger charge is -2.51. The fourth-order valence-electron chi connectivity index (χ4n) is 2.65. The highest BCUT2D eigenvalue weighted by Crippen LogP contribution is 2.39. The largest absolute Gasteiger partial charge is 0.483 e. The lowest BCUT2D eigenvalue weighted by Crippen LogP contribution is -2.67. The average Bonchev–Trinajstić information content (AvgIpc) is 2.35. The predicted octanol–water partition coefficient (Wildman–Crippen LogP) is 3.70. The van der Waals surface area contributed by atoms with Gasteiger partial charge < -0.3 is 9.47 Å². The Labute approximate surface area is 145 Å². The van der Waals surface area contributed by atoms with Gasteiger partial charge >= 0.3 is 6.09 Å². The zero-order valence-corrected chi connectivity index (χ0v) is 15.5. The van der Waals surface area contributed by atoms with Crippen molar-refractivity contribution in [2.24, 2.45) is 0 Å². The van der Waals surface area contributed by atoms with Crippen LogP contribution in [0.3, 0.4) is 0 Å². The van der Waals surface area contributed by atoms with E-state index >= 15 is 0 Å². The zero-order chi connectivity index (χ0) is 17.4. The summed E-state index contributed by atoms with van der Waals surface area (Å²) in [6.07, 6.45) is 3.29. The van der Waals surface area contributed by atoms with E-state index in [4.69, 9.17) is 9.47 Å². The molecule has 126 valence electrons. The van der Waals surface area contributed by atoms with Gasteiger partial charge in [0.1, 0.15) is 11.4 Å². The van der Waals surface area contributed by atoms with Gasteiger partial charge in [-0.2, -0.15) is 0 Å². The van der Waals surface area contributed by atoms with E-state index in [1.165, 1.54) is 0 Å². The lowest BCUT2D eigenvalue weighted by atomic mass is 9.83. The number of rotatable bonds is 1. The molecule has 2 rings (SSSR count). The fourth-order valence-corrected chi connectivity index (χ4v) is 2.88. The Morgan fingerprint density at radius 3 is 2.52 bits per heavy atom. The molecule has 1 spiro atoms. The average molecular weight is 384 g/mol. The van der Waals surface area contributed by atoms with E-state index in [0.29, 0.717) is 28.9 Å². The van der Waals surface area contributed by atoms with E-state index in [2.05, 4.69) is 22.5 Å². The molecule has 2 saturated heterocycles. The maximum atomic E-state index is 12.4. The molecule has 0 saturated carbocycles. The molecule has 0 bridgehead atoms. The van der Waals surface area contributed by atoms with Gasteiger partial charge in [0.2, 0.25) is 0 Å². The monoisotopic (exact) mass is 383 g/mol. The minimum Gasteiger partial charge on any atom is -0.483 e. The van der Waals surface area contributed by atoms with Crippen LogP contribution in [0.2, 0.25) is 0 Å². The molecule has 0 aromatic rings. The molecule has 2 aliphatic rings. The van der Waals surface area contributed by atoms with Gasteiger partial charge in [-0.15, -0.1) is 0 Å². The summed E-state index contributed by atoms with van der Waals surface area (Å²) in [5.74, 6) is 0.527. The molecule has 0 radical (unpaired) electrons. The normalized spacial score (nSPS) is 23.7. The van der Waals surface area contributed by atoms with E-state index in [9.17, 15) is 9.59 Å². The first-order valence-corrected chi connectivity index (χ1v) is 8.27. The van der Waals surface area contributed by atoms with Crippen LogP contribution in [-0.4, -0.2) is 41.1 Å². The number of nitrogens with zero attached hydrogens (tertiary/aromatic N) is 1. The highest BCUT2D eigenvalue weighted by atomic mass is 79.9. The summed E-state index contributed by atoms with van der Waals surface area (Å²) >= 11 is 3.23. The van der Waals surface area contributed by atoms with Gasteiger partial charge in [-0.1, -0.05) is 22.5 Å². The fraction of sp³-hybridized carbons (Fsp3) is 0.529. The summed E-state index contributed by atoms with van der Waals surface area (Å²) in [6, 6.07) is 0. The van der Waals surface area contributed by atoms with Gasteiger partial charge in [-0.25, -0.2) is 4.79 Å². The van der Waals surface area contributed by atoms with E-state index in [1.54, 1.807) is 17.1 Å². The Bertz CT molecular complexity index is 607. The SMILES string of the molecule is C=C(Br)/C=C1/C(=O)CC2(CN(C(=O)OC(C)(C)C)C2)O/C1=C/C. The number of likely N-dealkylation sites (tertiary alicyclic amines) is 1. The van der Waals surface area contributed by atoms with Crippen LogP contribution in [0.4, 0.5) is 4.79 Å². The van der Waals surface area contributed by atoms with Crippen molar-refractivity contribution in [3.63, 3.8) is 0 Å². The lowest BCUT2D eigenvalue weighted by molar-refractivity contribution is -0.146. The standard InChI is InChI=1S/C17H22BrNO4/c1-6-14-12(7-11(2)18)13(20)8-17(22-14)9-19(10-17)15(21)23-16(3,4)5/h6-7H,2,8-10H2,1,3-5H3/b12-7-,14-6+. The van der Waals surface area contributed by atoms with Crippen LogP contribution in [0.5, 0.6) is 0 Å². The number of halogens is 1. The summed E-state index contributed by atoms with van der Waals surface area (Å²) in [5, 5.41) is 0. The molecule has 2 heterocycles. The summed E-state index contributed by atoms with van der Waals surface area (Å²) in [5.41, 5.74) is -0.666. The summed E-state index contributed by atoms with van der Waals surface area (Å²) in [6.45, 7) is 11.7. The molecular formula is C17H22BrNO4. The molecule has 0 atom stereocenters. The van der Waals surface area contributed by atoms with E-state index < -0.39 is 11.2 Å². The van der Waals surface area contributed by atoms with Gasteiger partial charge in [0.25, 0.3) is 0 Å². The first-order chi connectivity index (χ1) is 10.6. The van der Waals surface area contributed by atoms with Gasteiger partial charge in [0.05, 0.1) is 25.1 Å². The Kier molecular flexibility index (Phi) is 4.76. The van der Waals surface area contributed by atoms with Gasteiger partial charge in [-0.05, 0) is 39.8 Å². The van der Waals surface area contributed by atoms with Crippen LogP contribution in [0.15, 0.2) is 34.5 Å². The highest BCUT2D eigenvalue weighted by molar-refractivity contribution is 9.11. The molecule has 0 aromatic heterocycles. The number of carbonyl (C=O) groups excluding carboxylic acids is 2. The van der Waals surface area contributed by atoms with Crippen molar-refractivity contribution in [1.29, 1.82) is 0 Å². The van der Waals surface area contributed by atoms with Crippen LogP contribution in [0.25, 0.3) is 0 Å². The molecule has 2 aliphatic heterocycles. The molecule has 2 fully saturated rings. The predicted molar refractivity (Wildman–Crippen MR) is 91.2 cm³/mol. The summed E-state index contributed by atoms with van der Waals surface area (Å²) < 4.78 is 12.0. The topological polar surface area (TPSA) is 55.8 Å². The van der Waals surface area contributed by atoms with Crippen LogP contribution >= 0.6 is 15.9 Å². The number of carbonyl (C=O) groups is 2. The first-order valence-electron chi connectivity index (χ1n) is 7.48. The third-order valence-electron chi connectivity index (χ3n) is 3.55. The second-order valence-electron chi connectivity index (χ2n) is 6.88. The Balaban J connectivity index is 2.07. The van der Waals surface area contributed by atoms with Gasteiger partial charge in [0, 0.05) is 4.48 Å². The smallest absolute Gasteiger partial charge is 0.410 e. The zero-order valence-electron chi connectivity index (χ0n) is 13.9. The molecule has 0 unspecified atom stereocenters. The minimum atomic E-state index is -0.638. The quantitative estimate of drug-likeness (QED) is 0.647. The van der Waals surface area contributed by atoms with Gasteiger partial charge in [-0.3, -0.25) is 9.69 Å². The molecule has 0 N–H and O–H groups in total. The highest BCUT2D eigenvalue weighted by Gasteiger charge is 2.53. The summed E-state index contributed by atoms with van der Waals surface area (Å²) in [4.78, 5) is 26.0. The molecule has 1 amide bonds. The number of Topliss-reactive ketones (excluding diaryl/α,β-unsaturated/α-hetero) is 1. The van der Waals surface area contributed by atoms with Crippen LogP contribution in [0.1, 0.15) is 34.1 Å². The van der Waals surface area contributed by atoms with Crippen molar-refractivity contribution >= 4 is 27.8 Å². The Morgan fingerprint density at radius 1 is 1.43 bits per heavy atom. The third kappa shape index (κ3) is 4.05. The van der Waals surface area contributed by atoms with Crippen molar-refractivity contribution in [2.75, 3.05) is 13.1 Å². The molecule has 23 heavy (non-hydrogen) atoms. The van der Waals surface area contributed by atoms with Crippen LogP contribution in [-0.2, 0) is 14.3 Å². The summed E-state index contributed by atoms with van der Waals surface area (Å²) in [7, 11) is 0. The van der Waals surface area contributed by atoms with E-state index in [1.807, 2.05) is 27.7 Å². The minimum absolute atomic E-state index is 0.00575. The Morgan fingerprint density at radius 2 is 2.04 bits per heavy atom. The Hall–Kier alpha value is -1.56. The molecule has 0 aliphatic carbocycles. The van der Waals surface area contributed by atoms with Crippen molar-refractivity contribution < 1.29 is 19.1 Å². The van der Waals surface area contributed by atoms with Crippen molar-refractivity contribution in [1.82, 2.24) is 4.90 Å². The van der Waals surface area contributed by atoms with Crippen molar-refractivity contribution in [3.05, 3.63) is 34.5 Å². The molecular weight excluding hydrogens is 362 g/mol. The number of hydrogen-bond donors (Lipinski definition) is 0.